The van der Waals surface area contributed by atoms with Crippen molar-refractivity contribution in [1.82, 2.24) is 10.3 Å². The minimum atomic E-state index is -3.34. The number of benzene rings is 2. The monoisotopic (exact) mass is 439 g/mol. The van der Waals surface area contributed by atoms with Gasteiger partial charge in [-0.15, -0.1) is 0 Å². The molecule has 0 spiro atoms. The van der Waals surface area contributed by atoms with E-state index in [0.29, 0.717) is 11.3 Å². The summed E-state index contributed by atoms with van der Waals surface area (Å²) in [5, 5.41) is 3.93. The van der Waals surface area contributed by atoms with E-state index in [1.165, 1.54) is 5.56 Å². The molecular formula is C24H29N3O3S. The van der Waals surface area contributed by atoms with Gasteiger partial charge in [-0.2, -0.15) is 0 Å². The van der Waals surface area contributed by atoms with Gasteiger partial charge in [0.2, 0.25) is 10.0 Å². The van der Waals surface area contributed by atoms with Gasteiger partial charge in [-0.25, -0.2) is 8.42 Å². The summed E-state index contributed by atoms with van der Waals surface area (Å²) in [6.07, 6.45) is 2.71. The highest BCUT2D eigenvalue weighted by Gasteiger charge is 2.16. The third-order valence-corrected chi connectivity index (χ3v) is 5.79. The van der Waals surface area contributed by atoms with Crippen LogP contribution in [0.3, 0.4) is 0 Å². The molecule has 31 heavy (non-hydrogen) atoms. The summed E-state index contributed by atoms with van der Waals surface area (Å²) >= 11 is 0. The lowest BCUT2D eigenvalue weighted by molar-refractivity contribution is 0.0939. The van der Waals surface area contributed by atoms with E-state index in [4.69, 9.17) is 0 Å². The third kappa shape index (κ3) is 5.61. The van der Waals surface area contributed by atoms with Gasteiger partial charge in [0.15, 0.2) is 0 Å². The van der Waals surface area contributed by atoms with Crippen LogP contribution in [0.4, 0.5) is 5.69 Å². The zero-order valence-corrected chi connectivity index (χ0v) is 19.6. The van der Waals surface area contributed by atoms with Crippen LogP contribution in [0.5, 0.6) is 0 Å². The maximum Gasteiger partial charge on any atom is 0.253 e. The number of amides is 1. The number of aromatic nitrogens is 1. The van der Waals surface area contributed by atoms with Gasteiger partial charge in [-0.3, -0.25) is 14.5 Å². The van der Waals surface area contributed by atoms with E-state index in [1.807, 2.05) is 32.0 Å². The molecule has 0 bridgehead atoms. The summed E-state index contributed by atoms with van der Waals surface area (Å²) in [6, 6.07) is 13.1. The van der Waals surface area contributed by atoms with Gasteiger partial charge in [0.25, 0.3) is 5.91 Å². The van der Waals surface area contributed by atoms with Gasteiger partial charge in [-0.05, 0) is 60.2 Å². The summed E-state index contributed by atoms with van der Waals surface area (Å²) in [5.41, 5.74) is 4.74. The number of pyridine rings is 1. The van der Waals surface area contributed by atoms with Crippen LogP contribution >= 0.6 is 0 Å². The molecule has 0 saturated carbocycles. The normalized spacial score (nSPS) is 13.1. The van der Waals surface area contributed by atoms with Crippen LogP contribution in [0.1, 0.15) is 60.8 Å². The number of hydrogen-bond acceptors (Lipinski definition) is 4. The van der Waals surface area contributed by atoms with Crippen molar-refractivity contribution in [3.63, 3.8) is 0 Å². The lowest BCUT2D eigenvalue weighted by Crippen LogP contribution is -2.26. The first-order valence-corrected chi connectivity index (χ1v) is 12.0. The topological polar surface area (TPSA) is 88.2 Å². The standard InChI is InChI=1S/C24H29N3O3S/c1-15-11-17(7-9-21(15)27-31(6,29)30)16(2)26-23(28)19-12-18-13-20(24(3,4)5)8-10-22(18)25-14-19/h7-14,16,27H,1-6H3,(H,26,28). The van der Waals surface area contributed by atoms with Crippen molar-refractivity contribution in [2.24, 2.45) is 0 Å². The lowest BCUT2D eigenvalue weighted by Gasteiger charge is -2.19. The van der Waals surface area contributed by atoms with Crippen LogP contribution in [0.15, 0.2) is 48.7 Å². The molecule has 7 heteroatoms. The number of hydrogen-bond donors (Lipinski definition) is 2. The van der Waals surface area contributed by atoms with Crippen molar-refractivity contribution >= 4 is 32.5 Å². The number of nitrogens with zero attached hydrogens (tertiary/aromatic N) is 1. The molecular weight excluding hydrogens is 410 g/mol. The molecule has 0 aliphatic heterocycles. The van der Waals surface area contributed by atoms with Gasteiger partial charge < -0.3 is 5.32 Å². The first kappa shape index (κ1) is 22.7. The van der Waals surface area contributed by atoms with Crippen molar-refractivity contribution in [1.29, 1.82) is 0 Å². The summed E-state index contributed by atoms with van der Waals surface area (Å²) in [4.78, 5) is 17.3. The van der Waals surface area contributed by atoms with E-state index in [0.717, 1.165) is 28.3 Å². The van der Waals surface area contributed by atoms with Crippen LogP contribution < -0.4 is 10.0 Å². The minimum Gasteiger partial charge on any atom is -0.345 e. The predicted molar refractivity (Wildman–Crippen MR) is 126 cm³/mol. The molecule has 3 rings (SSSR count). The first-order valence-electron chi connectivity index (χ1n) is 10.1. The van der Waals surface area contributed by atoms with E-state index < -0.39 is 10.0 Å². The number of carbonyl (C=O) groups is 1. The fourth-order valence-electron chi connectivity index (χ4n) is 3.36. The van der Waals surface area contributed by atoms with E-state index in [1.54, 1.807) is 18.3 Å². The molecule has 1 atom stereocenters. The Bertz CT molecular complexity index is 1240. The van der Waals surface area contributed by atoms with Crippen molar-refractivity contribution in [2.75, 3.05) is 11.0 Å². The molecule has 2 N–H and O–H groups in total. The van der Waals surface area contributed by atoms with Gasteiger partial charge in [0, 0.05) is 11.6 Å². The highest BCUT2D eigenvalue weighted by Crippen LogP contribution is 2.26. The van der Waals surface area contributed by atoms with E-state index in [-0.39, 0.29) is 17.4 Å². The van der Waals surface area contributed by atoms with Crippen LogP contribution in [-0.2, 0) is 15.4 Å². The fourth-order valence-corrected chi connectivity index (χ4v) is 3.98. The van der Waals surface area contributed by atoms with Gasteiger partial charge in [0.1, 0.15) is 0 Å². The number of nitrogens with one attached hydrogen (secondary N) is 2. The van der Waals surface area contributed by atoms with E-state index in [9.17, 15) is 13.2 Å². The van der Waals surface area contributed by atoms with Crippen molar-refractivity contribution in [2.45, 2.75) is 46.1 Å². The molecule has 164 valence electrons. The highest BCUT2D eigenvalue weighted by molar-refractivity contribution is 7.92. The molecule has 0 fully saturated rings. The van der Waals surface area contributed by atoms with Crippen LogP contribution in [-0.4, -0.2) is 25.6 Å². The summed E-state index contributed by atoms with van der Waals surface area (Å²) < 4.78 is 25.4. The van der Waals surface area contributed by atoms with Crippen molar-refractivity contribution in [3.8, 4) is 0 Å². The molecule has 1 unspecified atom stereocenters. The van der Waals surface area contributed by atoms with E-state index in [2.05, 4.69) is 47.9 Å². The summed E-state index contributed by atoms with van der Waals surface area (Å²) in [6.45, 7) is 10.2. The van der Waals surface area contributed by atoms with Gasteiger partial charge in [0.05, 0.1) is 29.1 Å². The van der Waals surface area contributed by atoms with Crippen LogP contribution in [0.2, 0.25) is 0 Å². The molecule has 3 aromatic rings. The van der Waals surface area contributed by atoms with Gasteiger partial charge >= 0.3 is 0 Å². The zero-order valence-electron chi connectivity index (χ0n) is 18.8. The Labute approximate surface area is 184 Å². The van der Waals surface area contributed by atoms with Crippen LogP contribution in [0, 0.1) is 6.92 Å². The Balaban J connectivity index is 1.80. The molecule has 1 heterocycles. The summed E-state index contributed by atoms with van der Waals surface area (Å²) in [5.74, 6) is -0.209. The summed E-state index contributed by atoms with van der Waals surface area (Å²) in [7, 11) is -3.34. The molecule has 0 aliphatic rings. The minimum absolute atomic E-state index is 0.0109. The Morgan fingerprint density at radius 1 is 1.06 bits per heavy atom. The third-order valence-electron chi connectivity index (χ3n) is 5.20. The second-order valence-electron chi connectivity index (χ2n) is 9.03. The maximum absolute atomic E-state index is 12.9. The number of rotatable bonds is 5. The molecule has 2 aromatic carbocycles. The average molecular weight is 440 g/mol. The molecule has 6 nitrogen and oxygen atoms in total. The number of aryl methyl sites for hydroxylation is 1. The largest absolute Gasteiger partial charge is 0.345 e. The Morgan fingerprint density at radius 3 is 2.39 bits per heavy atom. The number of sulfonamides is 1. The molecule has 1 aromatic heterocycles. The van der Waals surface area contributed by atoms with Crippen LogP contribution in [0.25, 0.3) is 10.9 Å². The number of carbonyl (C=O) groups excluding carboxylic acids is 1. The molecule has 0 saturated heterocycles. The van der Waals surface area contributed by atoms with Gasteiger partial charge in [-0.1, -0.05) is 39.0 Å². The predicted octanol–water partition coefficient (Wildman–Crippen LogP) is 4.70. The first-order chi connectivity index (χ1) is 14.3. The average Bonchev–Trinajstić information content (AvgIpc) is 2.66. The molecule has 0 radical (unpaired) electrons. The molecule has 1 amide bonds. The van der Waals surface area contributed by atoms with Crippen molar-refractivity contribution in [3.05, 3.63) is 70.9 Å². The fraction of sp³-hybridized carbons (Fsp3) is 0.333. The van der Waals surface area contributed by atoms with E-state index >= 15 is 0 Å². The Kier molecular flexibility index (Phi) is 6.09. The second-order valence-corrected chi connectivity index (χ2v) is 10.8. The molecule has 0 aliphatic carbocycles. The number of fused-ring (bicyclic) bond motifs is 1. The second kappa shape index (κ2) is 8.30. The Morgan fingerprint density at radius 2 is 1.77 bits per heavy atom. The zero-order chi connectivity index (χ0) is 23.0. The maximum atomic E-state index is 12.9. The van der Waals surface area contributed by atoms with Crippen molar-refractivity contribution < 1.29 is 13.2 Å². The quantitative estimate of drug-likeness (QED) is 0.603. The highest BCUT2D eigenvalue weighted by atomic mass is 32.2. The lowest BCUT2D eigenvalue weighted by atomic mass is 9.86. The Hall–Kier alpha value is -2.93. The SMILES string of the molecule is Cc1cc(C(C)NC(=O)c2cnc3ccc(C(C)(C)C)cc3c2)ccc1NS(C)(=O)=O. The smallest absolute Gasteiger partial charge is 0.253 e. The number of anilines is 1.